The van der Waals surface area contributed by atoms with Crippen LogP contribution in [0.2, 0.25) is 10.0 Å². The van der Waals surface area contributed by atoms with Crippen LogP contribution in [-0.4, -0.2) is 24.9 Å². The van der Waals surface area contributed by atoms with E-state index in [0.717, 1.165) is 0 Å². The van der Waals surface area contributed by atoms with Crippen molar-refractivity contribution in [3.8, 4) is 0 Å². The number of carbonyl (C=O) groups excluding carboxylic acids is 2. The molecular formula is C18H17Cl2FN2O2. The summed E-state index contributed by atoms with van der Waals surface area (Å²) in [7, 11) is 0. The molecule has 132 valence electrons. The molecule has 0 saturated carbocycles. The van der Waals surface area contributed by atoms with E-state index in [0.29, 0.717) is 21.3 Å². The first-order valence-corrected chi connectivity index (χ1v) is 8.37. The number of halogens is 3. The molecule has 0 saturated heterocycles. The Morgan fingerprint density at radius 1 is 1.12 bits per heavy atom. The van der Waals surface area contributed by atoms with Crippen molar-refractivity contribution in [1.82, 2.24) is 5.32 Å². The van der Waals surface area contributed by atoms with Crippen LogP contribution in [0.5, 0.6) is 0 Å². The lowest BCUT2D eigenvalue weighted by molar-refractivity contribution is -0.121. The summed E-state index contributed by atoms with van der Waals surface area (Å²) in [5, 5.41) is 3.42. The van der Waals surface area contributed by atoms with Gasteiger partial charge in [-0.1, -0.05) is 41.4 Å². The molecule has 0 aliphatic carbocycles. The molecule has 7 heteroatoms. The summed E-state index contributed by atoms with van der Waals surface area (Å²) in [5.41, 5.74) is 0.915. The SMILES string of the molecule is CC(=O)N(CCNC(=O)Cc1ccccc1F)c1ccc(Cl)c(Cl)c1. The maximum Gasteiger partial charge on any atom is 0.224 e. The van der Waals surface area contributed by atoms with Gasteiger partial charge in [0.05, 0.1) is 16.5 Å². The topological polar surface area (TPSA) is 49.4 Å². The fourth-order valence-corrected chi connectivity index (χ4v) is 2.60. The van der Waals surface area contributed by atoms with Crippen LogP contribution in [0.25, 0.3) is 0 Å². The Morgan fingerprint density at radius 3 is 2.48 bits per heavy atom. The zero-order valence-electron chi connectivity index (χ0n) is 13.6. The molecule has 0 radical (unpaired) electrons. The Hall–Kier alpha value is -2.11. The first kappa shape index (κ1) is 19.2. The number of hydrogen-bond acceptors (Lipinski definition) is 2. The smallest absolute Gasteiger partial charge is 0.224 e. The van der Waals surface area contributed by atoms with Crippen LogP contribution in [0.3, 0.4) is 0 Å². The molecule has 0 atom stereocenters. The standard InChI is InChI=1S/C18H17Cl2FN2O2/c1-12(24)23(14-6-7-15(19)16(20)11-14)9-8-22-18(25)10-13-4-2-3-5-17(13)21/h2-7,11H,8-10H2,1H3,(H,22,25). The van der Waals surface area contributed by atoms with Gasteiger partial charge in [-0.05, 0) is 29.8 Å². The molecule has 0 fully saturated rings. The van der Waals surface area contributed by atoms with Gasteiger partial charge in [-0.3, -0.25) is 9.59 Å². The number of hydrogen-bond donors (Lipinski definition) is 1. The molecule has 0 aromatic heterocycles. The summed E-state index contributed by atoms with van der Waals surface area (Å²) in [6, 6.07) is 11.0. The first-order valence-electron chi connectivity index (χ1n) is 7.61. The zero-order chi connectivity index (χ0) is 18.4. The highest BCUT2D eigenvalue weighted by molar-refractivity contribution is 6.42. The molecule has 0 spiro atoms. The molecule has 0 unspecified atom stereocenters. The van der Waals surface area contributed by atoms with Gasteiger partial charge in [0.15, 0.2) is 0 Å². The average Bonchev–Trinajstić information content (AvgIpc) is 2.56. The minimum Gasteiger partial charge on any atom is -0.354 e. The molecule has 4 nitrogen and oxygen atoms in total. The largest absolute Gasteiger partial charge is 0.354 e. The van der Waals surface area contributed by atoms with Gasteiger partial charge in [0.25, 0.3) is 0 Å². The second kappa shape index (κ2) is 8.83. The van der Waals surface area contributed by atoms with Gasteiger partial charge in [0.1, 0.15) is 5.82 Å². The van der Waals surface area contributed by atoms with Gasteiger partial charge < -0.3 is 10.2 Å². The minimum absolute atomic E-state index is 0.0560. The van der Waals surface area contributed by atoms with E-state index in [1.807, 2.05) is 0 Å². The Morgan fingerprint density at radius 2 is 1.84 bits per heavy atom. The van der Waals surface area contributed by atoms with Crippen LogP contribution in [0.15, 0.2) is 42.5 Å². The molecule has 1 N–H and O–H groups in total. The van der Waals surface area contributed by atoms with Crippen molar-refractivity contribution in [3.63, 3.8) is 0 Å². The highest BCUT2D eigenvalue weighted by Gasteiger charge is 2.14. The number of rotatable bonds is 6. The Balaban J connectivity index is 1.93. The molecule has 2 aromatic carbocycles. The van der Waals surface area contributed by atoms with E-state index in [4.69, 9.17) is 23.2 Å². The monoisotopic (exact) mass is 382 g/mol. The van der Waals surface area contributed by atoms with Crippen LogP contribution in [0.1, 0.15) is 12.5 Å². The molecular weight excluding hydrogens is 366 g/mol. The van der Waals surface area contributed by atoms with Crippen LogP contribution >= 0.6 is 23.2 Å². The van der Waals surface area contributed by atoms with Crippen molar-refractivity contribution >= 4 is 40.7 Å². The molecule has 0 aliphatic heterocycles. The summed E-state index contributed by atoms with van der Waals surface area (Å²) >= 11 is 11.9. The van der Waals surface area contributed by atoms with Crippen LogP contribution in [0.4, 0.5) is 10.1 Å². The predicted octanol–water partition coefficient (Wildman–Crippen LogP) is 3.84. The first-order chi connectivity index (χ1) is 11.9. The Kier molecular flexibility index (Phi) is 6.79. The maximum atomic E-state index is 13.5. The molecule has 0 aliphatic rings. The van der Waals surface area contributed by atoms with Crippen LogP contribution in [-0.2, 0) is 16.0 Å². The van der Waals surface area contributed by atoms with Gasteiger partial charge in [0, 0.05) is 25.7 Å². The molecule has 2 aromatic rings. The molecule has 2 amide bonds. The number of carbonyl (C=O) groups is 2. The highest BCUT2D eigenvalue weighted by atomic mass is 35.5. The third-order valence-electron chi connectivity index (χ3n) is 3.56. The second-order valence-corrected chi connectivity index (χ2v) is 6.20. The van der Waals surface area contributed by atoms with Gasteiger partial charge in [-0.15, -0.1) is 0 Å². The number of nitrogens with zero attached hydrogens (tertiary/aromatic N) is 1. The van der Waals surface area contributed by atoms with Gasteiger partial charge in [-0.2, -0.15) is 0 Å². The molecule has 25 heavy (non-hydrogen) atoms. The van der Waals surface area contributed by atoms with Crippen LogP contribution < -0.4 is 10.2 Å². The molecule has 0 heterocycles. The summed E-state index contributed by atoms with van der Waals surface area (Å²) < 4.78 is 13.5. The lowest BCUT2D eigenvalue weighted by atomic mass is 10.1. The van der Waals surface area contributed by atoms with E-state index >= 15 is 0 Å². The van der Waals surface area contributed by atoms with E-state index in [2.05, 4.69) is 5.32 Å². The van der Waals surface area contributed by atoms with Crippen molar-refractivity contribution in [2.45, 2.75) is 13.3 Å². The number of anilines is 1. The van der Waals surface area contributed by atoms with Crippen molar-refractivity contribution < 1.29 is 14.0 Å². The van der Waals surface area contributed by atoms with Gasteiger partial charge >= 0.3 is 0 Å². The fourth-order valence-electron chi connectivity index (χ4n) is 2.31. The highest BCUT2D eigenvalue weighted by Crippen LogP contribution is 2.27. The van der Waals surface area contributed by atoms with E-state index < -0.39 is 5.82 Å². The average molecular weight is 383 g/mol. The quantitative estimate of drug-likeness (QED) is 0.824. The van der Waals surface area contributed by atoms with E-state index in [-0.39, 0.29) is 31.3 Å². The van der Waals surface area contributed by atoms with E-state index in [9.17, 15) is 14.0 Å². The Bertz CT molecular complexity index is 783. The molecule has 0 bridgehead atoms. The van der Waals surface area contributed by atoms with Crippen molar-refractivity contribution in [2.24, 2.45) is 0 Å². The number of benzene rings is 2. The third-order valence-corrected chi connectivity index (χ3v) is 4.30. The van der Waals surface area contributed by atoms with Crippen LogP contribution in [0, 0.1) is 5.82 Å². The zero-order valence-corrected chi connectivity index (χ0v) is 15.1. The van der Waals surface area contributed by atoms with Crippen molar-refractivity contribution in [1.29, 1.82) is 0 Å². The summed E-state index contributed by atoms with van der Waals surface area (Å²) in [6.07, 6.45) is -0.0560. The minimum atomic E-state index is -0.418. The van der Waals surface area contributed by atoms with Crippen molar-refractivity contribution in [2.75, 3.05) is 18.0 Å². The van der Waals surface area contributed by atoms with E-state index in [1.165, 1.54) is 17.9 Å². The lowest BCUT2D eigenvalue weighted by Gasteiger charge is -2.22. The fraction of sp³-hybridized carbons (Fsp3) is 0.222. The normalized spacial score (nSPS) is 10.4. The number of amides is 2. The van der Waals surface area contributed by atoms with Gasteiger partial charge in [-0.25, -0.2) is 4.39 Å². The summed E-state index contributed by atoms with van der Waals surface area (Å²) in [5.74, 6) is -0.927. The second-order valence-electron chi connectivity index (χ2n) is 5.39. The molecule has 2 rings (SSSR count). The predicted molar refractivity (Wildman–Crippen MR) is 97.6 cm³/mol. The lowest BCUT2D eigenvalue weighted by Crippen LogP contribution is -2.38. The third kappa shape index (κ3) is 5.44. The summed E-state index contributed by atoms with van der Waals surface area (Å²) in [6.45, 7) is 1.91. The Labute approximate surface area is 155 Å². The summed E-state index contributed by atoms with van der Waals surface area (Å²) in [4.78, 5) is 25.2. The van der Waals surface area contributed by atoms with E-state index in [1.54, 1.807) is 36.4 Å². The van der Waals surface area contributed by atoms with Gasteiger partial charge in [0.2, 0.25) is 11.8 Å². The van der Waals surface area contributed by atoms with Crippen molar-refractivity contribution in [3.05, 3.63) is 63.9 Å². The number of nitrogens with one attached hydrogen (secondary N) is 1. The maximum absolute atomic E-state index is 13.5.